The first-order valence-corrected chi connectivity index (χ1v) is 8.74. The fraction of sp³-hybridized carbons (Fsp3) is 1.00. The molecule has 0 aromatic carbocycles. The first-order chi connectivity index (χ1) is 3.15. The molecule has 0 radical (unpaired) electrons. The van der Waals surface area contributed by atoms with Crippen LogP contribution in [0, 0.1) is 0 Å². The van der Waals surface area contributed by atoms with E-state index in [-0.39, 0.29) is 23.9 Å². The van der Waals surface area contributed by atoms with Gasteiger partial charge >= 0.3 is 35.0 Å². The quantitative estimate of drug-likeness (QED) is 0.460. The molecule has 0 aliphatic heterocycles. The van der Waals surface area contributed by atoms with E-state index in [0.29, 0.717) is 0 Å². The van der Waals surface area contributed by atoms with Gasteiger partial charge in [0, 0.05) is 20.0 Å². The van der Waals surface area contributed by atoms with E-state index in [1.165, 1.54) is 0 Å². The van der Waals surface area contributed by atoms with Crippen LogP contribution in [0.5, 0.6) is 0 Å². The van der Waals surface area contributed by atoms with E-state index in [1.807, 2.05) is 0 Å². The summed E-state index contributed by atoms with van der Waals surface area (Å²) >= 11 is -0.106. The van der Waals surface area contributed by atoms with Gasteiger partial charge in [-0.05, 0) is 7.92 Å². The Bertz CT molecular complexity index is 24.1. The predicted octanol–water partition coefficient (Wildman–Crippen LogP) is 2.47. The third kappa shape index (κ3) is 88.3. The molecule has 50 valence electrons. The molecule has 0 aromatic rings. The summed E-state index contributed by atoms with van der Waals surface area (Å²) in [6.45, 7) is 6.81. The van der Waals surface area contributed by atoms with E-state index < -0.39 is 0 Å². The van der Waals surface area contributed by atoms with Crippen LogP contribution in [0.15, 0.2) is 0 Å². The molecular formula is C3H10Cl2PPd+. The van der Waals surface area contributed by atoms with Crippen LogP contribution in [-0.4, -0.2) is 20.0 Å². The zero-order chi connectivity index (χ0) is 6.28. The van der Waals surface area contributed by atoms with Gasteiger partial charge in [0.2, 0.25) is 0 Å². The van der Waals surface area contributed by atoms with E-state index in [0.717, 1.165) is 0 Å². The van der Waals surface area contributed by atoms with Crippen LogP contribution in [-0.2, 0) is 15.9 Å². The molecule has 0 saturated carbocycles. The Labute approximate surface area is 62.8 Å². The van der Waals surface area contributed by atoms with Crippen molar-refractivity contribution in [1.82, 2.24) is 0 Å². The Morgan fingerprint density at radius 3 is 1.14 bits per heavy atom. The molecular weight excluding hydrogens is 244 g/mol. The molecule has 0 saturated heterocycles. The average molecular weight is 254 g/mol. The fourth-order valence-electron chi connectivity index (χ4n) is 0. The minimum absolute atomic E-state index is 0.106. The van der Waals surface area contributed by atoms with Crippen molar-refractivity contribution < 1.29 is 15.9 Å². The molecule has 0 aromatic heterocycles. The topological polar surface area (TPSA) is 0 Å². The van der Waals surface area contributed by atoms with Crippen molar-refractivity contribution in [1.29, 1.82) is 0 Å². The van der Waals surface area contributed by atoms with Crippen LogP contribution >= 0.6 is 27.0 Å². The molecule has 0 nitrogen and oxygen atoms in total. The number of rotatable bonds is 0. The summed E-state index contributed by atoms with van der Waals surface area (Å²) in [5, 5.41) is 0. The normalized spacial score (nSPS) is 8.29. The zero-order valence-corrected chi connectivity index (χ0v) is 8.64. The van der Waals surface area contributed by atoms with Gasteiger partial charge in [0.15, 0.2) is 0 Å². The zero-order valence-electron chi connectivity index (χ0n) is 4.57. The second kappa shape index (κ2) is 10.6. The summed E-state index contributed by atoms with van der Waals surface area (Å²) in [7, 11) is 9.75. The van der Waals surface area contributed by atoms with Gasteiger partial charge in [0.05, 0.1) is 0 Å². The molecule has 0 unspecified atom stereocenters. The van der Waals surface area contributed by atoms with Crippen LogP contribution in [0.3, 0.4) is 0 Å². The standard InChI is InChI=1S/C3H9P.2ClH.Pd/c1-4(2)3;;;/h1-3H3;2*1H;/q;;;+2/p-1. The van der Waals surface area contributed by atoms with Gasteiger partial charge in [0.25, 0.3) is 0 Å². The predicted molar refractivity (Wildman–Crippen MR) is 37.8 cm³/mol. The van der Waals surface area contributed by atoms with Crippen molar-refractivity contribution in [3.8, 4) is 0 Å². The number of hydrogen-bond acceptors (Lipinski definition) is 0. The average Bonchev–Trinajstić information content (AvgIpc) is 1.33. The molecule has 0 N–H and O–H groups in total. The van der Waals surface area contributed by atoms with E-state index in [9.17, 15) is 0 Å². The molecule has 0 aliphatic carbocycles. The molecule has 0 bridgehead atoms. The summed E-state index contributed by atoms with van der Waals surface area (Å²) in [4.78, 5) is 0. The van der Waals surface area contributed by atoms with Crippen molar-refractivity contribution in [3.63, 3.8) is 0 Å². The van der Waals surface area contributed by atoms with E-state index in [4.69, 9.17) is 19.1 Å². The molecule has 0 fully saturated rings. The van der Waals surface area contributed by atoms with Crippen molar-refractivity contribution in [3.05, 3.63) is 0 Å². The number of halogens is 2. The summed E-state index contributed by atoms with van der Waals surface area (Å²) in [5.74, 6) is 0. The van der Waals surface area contributed by atoms with Crippen molar-refractivity contribution in [2.75, 3.05) is 20.0 Å². The Balaban J connectivity index is 0. The Morgan fingerprint density at radius 1 is 1.14 bits per heavy atom. The summed E-state index contributed by atoms with van der Waals surface area (Å²) in [6.07, 6.45) is 0. The van der Waals surface area contributed by atoms with Gasteiger partial charge in [-0.2, -0.15) is 0 Å². The van der Waals surface area contributed by atoms with Crippen molar-refractivity contribution in [2.45, 2.75) is 0 Å². The minimum atomic E-state index is -0.106. The summed E-state index contributed by atoms with van der Waals surface area (Å²) in [5.41, 5.74) is 0. The van der Waals surface area contributed by atoms with E-state index in [1.54, 1.807) is 0 Å². The Hall–Kier alpha value is 1.67. The molecule has 0 amide bonds. The SMILES string of the molecule is C[PH+](C)C.[Cl][Pd][Cl]. The molecule has 0 heterocycles. The summed E-state index contributed by atoms with van der Waals surface area (Å²) in [6, 6.07) is 0. The van der Waals surface area contributed by atoms with Crippen LogP contribution in [0.4, 0.5) is 0 Å². The second-order valence-electron chi connectivity index (χ2n) is 1.55. The Kier molecular flexibility index (Phi) is 17.4. The monoisotopic (exact) mass is 253 g/mol. The molecule has 7 heavy (non-hydrogen) atoms. The number of hydrogen-bond donors (Lipinski definition) is 0. The van der Waals surface area contributed by atoms with E-state index >= 15 is 0 Å². The van der Waals surface area contributed by atoms with Crippen molar-refractivity contribution in [2.24, 2.45) is 0 Å². The first kappa shape index (κ1) is 11.5. The molecule has 0 rings (SSSR count). The van der Waals surface area contributed by atoms with Gasteiger partial charge in [0.1, 0.15) is 0 Å². The van der Waals surface area contributed by atoms with Gasteiger partial charge in [-0.1, -0.05) is 0 Å². The maximum atomic E-state index is 4.81. The molecule has 0 atom stereocenters. The molecule has 0 aliphatic rings. The van der Waals surface area contributed by atoms with Crippen LogP contribution < -0.4 is 0 Å². The van der Waals surface area contributed by atoms with Crippen LogP contribution in [0.25, 0.3) is 0 Å². The molecule has 4 heteroatoms. The Morgan fingerprint density at radius 2 is 1.14 bits per heavy atom. The maximum absolute atomic E-state index is 4.81. The summed E-state index contributed by atoms with van der Waals surface area (Å²) < 4.78 is 0. The fourth-order valence-corrected chi connectivity index (χ4v) is 0. The van der Waals surface area contributed by atoms with Gasteiger partial charge in [-0.15, -0.1) is 0 Å². The van der Waals surface area contributed by atoms with Gasteiger partial charge in [-0.25, -0.2) is 0 Å². The third-order valence-electron chi connectivity index (χ3n) is 0. The first-order valence-electron chi connectivity index (χ1n) is 1.74. The van der Waals surface area contributed by atoms with Gasteiger partial charge < -0.3 is 0 Å². The second-order valence-corrected chi connectivity index (χ2v) is 6.91. The van der Waals surface area contributed by atoms with Crippen LogP contribution in [0.2, 0.25) is 0 Å². The van der Waals surface area contributed by atoms with Crippen molar-refractivity contribution >= 4 is 27.0 Å². The van der Waals surface area contributed by atoms with Crippen LogP contribution in [0.1, 0.15) is 0 Å². The van der Waals surface area contributed by atoms with Gasteiger partial charge in [-0.3, -0.25) is 0 Å². The molecule has 0 spiro atoms. The third-order valence-corrected chi connectivity index (χ3v) is 0. The van der Waals surface area contributed by atoms with E-state index in [2.05, 4.69) is 20.0 Å².